The second-order valence-electron chi connectivity index (χ2n) is 7.57. The van der Waals surface area contributed by atoms with Gasteiger partial charge in [-0.15, -0.1) is 0 Å². The van der Waals surface area contributed by atoms with Crippen LogP contribution >= 0.6 is 0 Å². The molecule has 3 fully saturated rings. The largest absolute Gasteiger partial charge is 0.361 e. The lowest BCUT2D eigenvalue weighted by Gasteiger charge is -2.36. The van der Waals surface area contributed by atoms with Crippen LogP contribution in [-0.4, -0.2) is 46.5 Å². The normalized spacial score (nSPS) is 23.3. The van der Waals surface area contributed by atoms with Crippen molar-refractivity contribution in [3.63, 3.8) is 0 Å². The van der Waals surface area contributed by atoms with E-state index in [2.05, 4.69) is 10.1 Å². The zero-order valence-electron chi connectivity index (χ0n) is 15.2. The number of carbonyl (C=O) groups excluding carboxylic acids is 1. The summed E-state index contributed by atoms with van der Waals surface area (Å²) in [5.74, 6) is 0.898. The summed E-state index contributed by atoms with van der Waals surface area (Å²) in [5, 5.41) is 3.93. The highest BCUT2D eigenvalue weighted by molar-refractivity contribution is 5.96. The number of hydrogen-bond acceptors (Lipinski definition) is 4. The first kappa shape index (κ1) is 17.2. The fraction of sp³-hybridized carbons (Fsp3) is 0.500. The maximum atomic E-state index is 13.1. The van der Waals surface area contributed by atoms with Crippen molar-refractivity contribution in [3.05, 3.63) is 52.7 Å². The molecule has 6 heteroatoms. The first-order valence-electron chi connectivity index (χ1n) is 9.22. The van der Waals surface area contributed by atoms with Gasteiger partial charge in [-0.1, -0.05) is 17.3 Å². The highest BCUT2D eigenvalue weighted by atomic mass is 19.1. The lowest BCUT2D eigenvalue weighted by molar-refractivity contribution is 0.0582. The number of aryl methyl sites for hydroxylation is 2. The predicted octanol–water partition coefficient (Wildman–Crippen LogP) is 3.17. The van der Waals surface area contributed by atoms with Gasteiger partial charge in [-0.25, -0.2) is 4.39 Å². The van der Waals surface area contributed by atoms with E-state index in [4.69, 9.17) is 4.52 Å². The third-order valence-corrected chi connectivity index (χ3v) is 5.62. The zero-order chi connectivity index (χ0) is 18.3. The second kappa shape index (κ2) is 6.83. The number of benzene rings is 1. The van der Waals surface area contributed by atoms with Gasteiger partial charge in [-0.2, -0.15) is 0 Å². The third-order valence-electron chi connectivity index (χ3n) is 5.62. The van der Waals surface area contributed by atoms with Crippen molar-refractivity contribution < 1.29 is 13.7 Å². The van der Waals surface area contributed by atoms with Gasteiger partial charge in [0.1, 0.15) is 17.1 Å². The van der Waals surface area contributed by atoms with Crippen LogP contribution in [0.5, 0.6) is 0 Å². The maximum absolute atomic E-state index is 13.1. The van der Waals surface area contributed by atoms with Crippen molar-refractivity contribution in [2.75, 3.05) is 19.6 Å². The predicted molar refractivity (Wildman–Crippen MR) is 95.2 cm³/mol. The number of amides is 1. The van der Waals surface area contributed by atoms with E-state index in [9.17, 15) is 9.18 Å². The number of halogens is 1. The number of hydrogen-bond donors (Lipinski definition) is 0. The topological polar surface area (TPSA) is 49.6 Å². The van der Waals surface area contributed by atoms with Crippen molar-refractivity contribution in [3.8, 4) is 0 Å². The van der Waals surface area contributed by atoms with Crippen LogP contribution in [0.2, 0.25) is 0 Å². The molecule has 4 heterocycles. The Hall–Kier alpha value is -2.21. The van der Waals surface area contributed by atoms with E-state index in [1.165, 1.54) is 12.1 Å². The quantitative estimate of drug-likeness (QED) is 0.847. The molecule has 3 aliphatic rings. The Morgan fingerprint density at radius 2 is 1.96 bits per heavy atom. The molecule has 26 heavy (non-hydrogen) atoms. The average Bonchev–Trinajstić information content (AvgIpc) is 2.78. The second-order valence-corrected chi connectivity index (χ2v) is 7.57. The highest BCUT2D eigenvalue weighted by Crippen LogP contribution is 2.31. The van der Waals surface area contributed by atoms with Crippen LogP contribution in [0.4, 0.5) is 4.39 Å². The maximum Gasteiger partial charge on any atom is 0.259 e. The molecule has 1 aromatic carbocycles. The molecule has 2 aromatic rings. The van der Waals surface area contributed by atoms with Gasteiger partial charge in [0.25, 0.3) is 5.91 Å². The van der Waals surface area contributed by atoms with Crippen LogP contribution in [0.15, 0.2) is 28.8 Å². The molecule has 3 aliphatic heterocycles. The Kier molecular flexibility index (Phi) is 4.53. The van der Waals surface area contributed by atoms with Crippen LogP contribution in [0.3, 0.4) is 0 Å². The first-order valence-corrected chi connectivity index (χ1v) is 9.22. The Bertz CT molecular complexity index is 782. The van der Waals surface area contributed by atoms with Crippen LogP contribution in [-0.2, 0) is 6.54 Å². The summed E-state index contributed by atoms with van der Waals surface area (Å²) in [5.41, 5.74) is 2.38. The summed E-state index contributed by atoms with van der Waals surface area (Å²) in [4.78, 5) is 17.5. The minimum absolute atomic E-state index is 0.0413. The SMILES string of the molecule is Cc1noc(C)c1C(=O)N1C[C@H]2CC[C@@H]1CN(Cc1ccc(F)cc1)C2. The summed E-state index contributed by atoms with van der Waals surface area (Å²) in [7, 11) is 0. The van der Waals surface area contributed by atoms with Gasteiger partial charge < -0.3 is 9.42 Å². The smallest absolute Gasteiger partial charge is 0.259 e. The van der Waals surface area contributed by atoms with Crippen molar-refractivity contribution >= 4 is 5.91 Å². The zero-order valence-corrected chi connectivity index (χ0v) is 15.2. The van der Waals surface area contributed by atoms with E-state index in [1.807, 2.05) is 24.0 Å². The van der Waals surface area contributed by atoms with Crippen molar-refractivity contribution in [1.82, 2.24) is 15.0 Å². The number of aromatic nitrogens is 1. The van der Waals surface area contributed by atoms with Crippen LogP contribution in [0, 0.1) is 25.6 Å². The molecule has 0 saturated carbocycles. The number of rotatable bonds is 3. The van der Waals surface area contributed by atoms with Gasteiger partial charge in [0.15, 0.2) is 0 Å². The van der Waals surface area contributed by atoms with E-state index >= 15 is 0 Å². The lowest BCUT2D eigenvalue weighted by Crippen LogP contribution is -2.47. The third kappa shape index (κ3) is 3.26. The Labute approximate surface area is 152 Å². The van der Waals surface area contributed by atoms with Crippen LogP contribution in [0.1, 0.15) is 40.2 Å². The molecule has 0 aliphatic carbocycles. The molecular formula is C20H24FN3O2. The molecule has 0 spiro atoms. The molecular weight excluding hydrogens is 333 g/mol. The fourth-order valence-corrected chi connectivity index (χ4v) is 4.34. The van der Waals surface area contributed by atoms with Gasteiger partial charge in [-0.3, -0.25) is 9.69 Å². The van der Waals surface area contributed by atoms with Crippen molar-refractivity contribution in [2.24, 2.45) is 5.92 Å². The monoisotopic (exact) mass is 357 g/mol. The molecule has 2 atom stereocenters. The Balaban J connectivity index is 1.51. The summed E-state index contributed by atoms with van der Waals surface area (Å²) in [6.07, 6.45) is 2.18. The summed E-state index contributed by atoms with van der Waals surface area (Å²) >= 11 is 0. The van der Waals surface area contributed by atoms with Crippen molar-refractivity contribution in [2.45, 2.75) is 39.3 Å². The summed E-state index contributed by atoms with van der Waals surface area (Å²) < 4.78 is 18.3. The Morgan fingerprint density at radius 3 is 2.65 bits per heavy atom. The standard InChI is InChI=1S/C20H24FN3O2/c1-13-19(14(2)26-22-13)20(25)24-11-16-5-8-18(24)12-23(10-16)9-15-3-6-17(21)7-4-15/h3-4,6-7,16,18H,5,8-12H2,1-2H3/t16-,18+/m0/s1. The molecule has 0 N–H and O–H groups in total. The van der Waals surface area contributed by atoms with Gasteiger partial charge in [0.2, 0.25) is 0 Å². The molecule has 0 radical (unpaired) electrons. The molecule has 1 amide bonds. The first-order chi connectivity index (χ1) is 12.5. The van der Waals surface area contributed by atoms with Crippen LogP contribution in [0.25, 0.3) is 0 Å². The minimum Gasteiger partial charge on any atom is -0.361 e. The molecule has 0 unspecified atom stereocenters. The fourth-order valence-electron chi connectivity index (χ4n) is 4.34. The molecule has 3 saturated heterocycles. The molecule has 5 nitrogen and oxygen atoms in total. The van der Waals surface area contributed by atoms with E-state index in [0.29, 0.717) is 22.9 Å². The molecule has 5 rings (SSSR count). The highest BCUT2D eigenvalue weighted by Gasteiger charge is 2.38. The molecule has 2 bridgehead atoms. The minimum atomic E-state index is -0.207. The number of piperidine rings is 1. The van der Waals surface area contributed by atoms with Gasteiger partial charge in [0, 0.05) is 32.2 Å². The van der Waals surface area contributed by atoms with E-state index < -0.39 is 0 Å². The van der Waals surface area contributed by atoms with E-state index in [-0.39, 0.29) is 17.8 Å². The summed E-state index contributed by atoms with van der Waals surface area (Å²) in [6, 6.07) is 6.91. The van der Waals surface area contributed by atoms with Gasteiger partial charge >= 0.3 is 0 Å². The number of nitrogens with zero attached hydrogens (tertiary/aromatic N) is 3. The van der Waals surface area contributed by atoms with E-state index in [0.717, 1.165) is 44.6 Å². The van der Waals surface area contributed by atoms with Crippen LogP contribution < -0.4 is 0 Å². The van der Waals surface area contributed by atoms with E-state index in [1.54, 1.807) is 6.92 Å². The summed E-state index contributed by atoms with van der Waals surface area (Å²) in [6.45, 7) is 7.02. The molecule has 1 aromatic heterocycles. The van der Waals surface area contributed by atoms with Gasteiger partial charge in [0.05, 0.1) is 5.69 Å². The lowest BCUT2D eigenvalue weighted by atomic mass is 9.94. The van der Waals surface area contributed by atoms with Gasteiger partial charge in [-0.05, 0) is 50.3 Å². The molecule has 138 valence electrons. The average molecular weight is 357 g/mol. The number of carbonyl (C=O) groups is 1. The Morgan fingerprint density at radius 1 is 1.19 bits per heavy atom. The number of fused-ring (bicyclic) bond motifs is 4. The van der Waals surface area contributed by atoms with Crippen molar-refractivity contribution in [1.29, 1.82) is 0 Å².